The summed E-state index contributed by atoms with van der Waals surface area (Å²) in [6, 6.07) is 6.19. The molecule has 2 rings (SSSR count). The highest BCUT2D eigenvalue weighted by molar-refractivity contribution is 7.85. The third-order valence-corrected chi connectivity index (χ3v) is 7.93. The lowest BCUT2D eigenvalue weighted by Crippen LogP contribution is -2.46. The van der Waals surface area contributed by atoms with Gasteiger partial charge in [0.05, 0.1) is 58.2 Å². The Kier molecular flexibility index (Phi) is 14.4. The number of esters is 3. The molecule has 1 N–H and O–H groups in total. The lowest BCUT2D eigenvalue weighted by molar-refractivity contribution is -0.222. The van der Waals surface area contributed by atoms with E-state index in [2.05, 4.69) is 4.74 Å². The first-order chi connectivity index (χ1) is 21.9. The van der Waals surface area contributed by atoms with Gasteiger partial charge in [-0.05, 0) is 29.2 Å². The predicted octanol–water partition coefficient (Wildman–Crippen LogP) is 1.08. The van der Waals surface area contributed by atoms with E-state index in [4.69, 9.17) is 61.1 Å². The van der Waals surface area contributed by atoms with E-state index < -0.39 is 64.7 Å². The third-order valence-electron chi connectivity index (χ3n) is 7.20. The molecule has 0 aromatic heterocycles. The summed E-state index contributed by atoms with van der Waals surface area (Å²) < 4.78 is 87.7. The zero-order chi connectivity index (χ0) is 35.7. The number of halogens is 3. The van der Waals surface area contributed by atoms with E-state index in [1.807, 2.05) is 0 Å². The first-order valence-electron chi connectivity index (χ1n) is 14.0. The molecule has 238 valence electrons. The summed E-state index contributed by atoms with van der Waals surface area (Å²) in [5.41, 5.74) is -0.548. The first-order valence-corrected chi connectivity index (χ1v) is 15.6. The quantitative estimate of drug-likeness (QED) is 0.122. The molecule has 0 spiro atoms. The Balaban J connectivity index is 2.55. The van der Waals surface area contributed by atoms with Crippen LogP contribution in [-0.2, 0) is 67.0 Å². The smallest absolute Gasteiger partial charge is 0.426 e. The Bertz CT molecular complexity index is 1490. The van der Waals surface area contributed by atoms with Crippen molar-refractivity contribution in [1.82, 2.24) is 0 Å². The molecule has 0 aliphatic rings. The Labute approximate surface area is 279 Å². The van der Waals surface area contributed by atoms with Crippen LogP contribution in [0.5, 0.6) is 0 Å². The van der Waals surface area contributed by atoms with Gasteiger partial charge < -0.3 is 14.2 Å². The van der Waals surface area contributed by atoms with E-state index in [0.29, 0.717) is 11.1 Å². The molecule has 2 aromatic carbocycles. The van der Waals surface area contributed by atoms with Crippen molar-refractivity contribution < 1.29 is 54.7 Å². The van der Waals surface area contributed by atoms with Gasteiger partial charge in [-0.1, -0.05) is 73.3 Å². The number of hydrogen-bond donors (Lipinski definition) is 1. The average molecular weight is 661 g/mol. The van der Waals surface area contributed by atoms with Crippen LogP contribution < -0.4 is 0 Å². The number of carbonyl (C=O) groups is 3. The SMILES string of the molecule is [B]Cc1ccc(C[B])c(C(=O)OCC(C)(COC(=O)c2c(C[B])ccc(C[B])c2C[B])C(=O)OC(CS(=O)(=O)O)C(F)(F)F)c1C[B]. The van der Waals surface area contributed by atoms with Crippen LogP contribution in [0.15, 0.2) is 24.3 Å². The van der Waals surface area contributed by atoms with Crippen molar-refractivity contribution in [3.8, 4) is 0 Å². The molecule has 12 radical (unpaired) electrons. The summed E-state index contributed by atoms with van der Waals surface area (Å²) in [6.07, 6.45) is -9.51. The molecule has 0 aliphatic heterocycles. The second kappa shape index (κ2) is 16.9. The molecule has 1 atom stereocenters. The fraction of sp³-hybridized carbons (Fsp3) is 0.464. The van der Waals surface area contributed by atoms with Crippen LogP contribution in [0.3, 0.4) is 0 Å². The van der Waals surface area contributed by atoms with Crippen molar-refractivity contribution in [2.45, 2.75) is 57.1 Å². The molecule has 0 aliphatic carbocycles. The highest BCUT2D eigenvalue weighted by Gasteiger charge is 2.49. The molecule has 9 nitrogen and oxygen atoms in total. The molecule has 19 heteroatoms. The van der Waals surface area contributed by atoms with Gasteiger partial charge in [-0.25, -0.2) is 9.59 Å². The largest absolute Gasteiger partial charge is 0.461 e. The molecule has 0 saturated carbocycles. The molecule has 0 saturated heterocycles. The number of benzene rings is 2. The van der Waals surface area contributed by atoms with Crippen LogP contribution in [0, 0.1) is 5.41 Å². The average Bonchev–Trinajstić information content (AvgIpc) is 3.02. The number of ether oxygens (including phenoxy) is 3. The van der Waals surface area contributed by atoms with E-state index in [-0.39, 0.29) is 71.3 Å². The summed E-state index contributed by atoms with van der Waals surface area (Å²) in [4.78, 5) is 40.0. The Morgan fingerprint density at radius 1 is 0.723 bits per heavy atom. The lowest BCUT2D eigenvalue weighted by atomic mass is 9.80. The third kappa shape index (κ3) is 10.2. The monoisotopic (exact) mass is 662 g/mol. The zero-order valence-corrected chi connectivity index (χ0v) is 26.3. The van der Waals surface area contributed by atoms with Crippen molar-refractivity contribution in [3.05, 3.63) is 68.8 Å². The Hall–Kier alpha value is -3.06. The molecular weight excluding hydrogens is 634 g/mol. The van der Waals surface area contributed by atoms with Gasteiger partial charge in [0.1, 0.15) is 24.4 Å². The van der Waals surface area contributed by atoms with Crippen LogP contribution in [0.1, 0.15) is 61.0 Å². The summed E-state index contributed by atoms with van der Waals surface area (Å²) in [5.74, 6) is -6.01. The van der Waals surface area contributed by atoms with Gasteiger partial charge in [-0.2, -0.15) is 21.6 Å². The topological polar surface area (TPSA) is 133 Å². The van der Waals surface area contributed by atoms with Crippen molar-refractivity contribution >= 4 is 75.1 Å². The summed E-state index contributed by atoms with van der Waals surface area (Å²) in [5, 5.41) is 0. The molecule has 0 amide bonds. The van der Waals surface area contributed by atoms with Crippen LogP contribution in [0.4, 0.5) is 13.2 Å². The van der Waals surface area contributed by atoms with Gasteiger partial charge in [0.15, 0.2) is 0 Å². The second-order valence-corrected chi connectivity index (χ2v) is 12.1. The van der Waals surface area contributed by atoms with Crippen LogP contribution in [0.25, 0.3) is 0 Å². The number of hydrogen-bond acceptors (Lipinski definition) is 8. The Morgan fingerprint density at radius 3 is 1.38 bits per heavy atom. The molecule has 0 fully saturated rings. The van der Waals surface area contributed by atoms with Gasteiger partial charge in [-0.3, -0.25) is 9.35 Å². The van der Waals surface area contributed by atoms with Gasteiger partial charge >= 0.3 is 24.1 Å². The molecule has 1 unspecified atom stereocenters. The van der Waals surface area contributed by atoms with Crippen molar-refractivity contribution in [2.75, 3.05) is 19.0 Å². The standard InChI is InChI=1S/C28H27B6F3O9S/c1-27(26(40)46-21(28(35,36)37)12-47(41,42)43,13-44-24(38)22-17(8-31)4-2-15(6-29)19(22)10-33)14-45-25(39)23-18(9-32)5-3-16(7-30)20(23)11-34/h2-5,21H,6-14H2,1H3,(H,41,42,43). The number of alkyl halides is 3. The minimum absolute atomic E-state index is 0.0226. The van der Waals surface area contributed by atoms with Crippen molar-refractivity contribution in [3.63, 3.8) is 0 Å². The van der Waals surface area contributed by atoms with Gasteiger partial charge in [0, 0.05) is 0 Å². The number of carbonyl (C=O) groups excluding carboxylic acids is 3. The summed E-state index contributed by atoms with van der Waals surface area (Å²) >= 11 is 0. The fourth-order valence-corrected chi connectivity index (χ4v) is 5.23. The second-order valence-electron chi connectivity index (χ2n) is 10.6. The van der Waals surface area contributed by atoms with E-state index in [1.165, 1.54) is 12.1 Å². The van der Waals surface area contributed by atoms with E-state index in [1.54, 1.807) is 12.1 Å². The highest BCUT2D eigenvalue weighted by Crippen LogP contribution is 2.30. The first kappa shape index (κ1) is 40.1. The molecule has 47 heavy (non-hydrogen) atoms. The normalized spacial score (nSPS) is 12.7. The molecular formula is C28H27B6F3O9S. The van der Waals surface area contributed by atoms with Crippen LogP contribution in [-0.4, -0.2) is 109 Å². The summed E-state index contributed by atoms with van der Waals surface area (Å²) in [7, 11) is 29.4. The van der Waals surface area contributed by atoms with E-state index in [0.717, 1.165) is 6.92 Å². The van der Waals surface area contributed by atoms with E-state index in [9.17, 15) is 36.0 Å². The lowest BCUT2D eigenvalue weighted by Gasteiger charge is -2.30. The Morgan fingerprint density at radius 2 is 1.09 bits per heavy atom. The maximum atomic E-state index is 13.7. The molecule has 0 bridgehead atoms. The van der Waals surface area contributed by atoms with Crippen molar-refractivity contribution in [1.29, 1.82) is 0 Å². The van der Waals surface area contributed by atoms with Gasteiger partial charge in [-0.15, -0.1) is 0 Å². The van der Waals surface area contributed by atoms with Crippen molar-refractivity contribution in [2.24, 2.45) is 5.41 Å². The van der Waals surface area contributed by atoms with Crippen LogP contribution in [0.2, 0.25) is 0 Å². The highest BCUT2D eigenvalue weighted by atomic mass is 32.2. The van der Waals surface area contributed by atoms with Crippen LogP contribution >= 0.6 is 0 Å². The van der Waals surface area contributed by atoms with E-state index >= 15 is 0 Å². The molecule has 0 heterocycles. The summed E-state index contributed by atoms with van der Waals surface area (Å²) in [6.45, 7) is -1.15. The maximum absolute atomic E-state index is 13.7. The van der Waals surface area contributed by atoms with Gasteiger partial charge in [0.2, 0.25) is 6.10 Å². The maximum Gasteiger partial charge on any atom is 0.426 e. The minimum atomic E-state index is -5.46. The number of rotatable bonds is 16. The molecule has 2 aromatic rings. The predicted molar refractivity (Wildman–Crippen MR) is 171 cm³/mol. The van der Waals surface area contributed by atoms with Gasteiger partial charge in [0.25, 0.3) is 10.1 Å². The minimum Gasteiger partial charge on any atom is -0.461 e. The zero-order valence-electron chi connectivity index (χ0n) is 25.5. The fourth-order valence-electron chi connectivity index (χ4n) is 4.59.